The first kappa shape index (κ1) is 15.7. The molecule has 0 radical (unpaired) electrons. The van der Waals surface area contributed by atoms with Gasteiger partial charge in [0.05, 0.1) is 12.1 Å². The highest BCUT2D eigenvalue weighted by atomic mass is 16.3. The van der Waals surface area contributed by atoms with Gasteiger partial charge in [-0.25, -0.2) is 0 Å². The number of aliphatic hydroxyl groups is 4. The van der Waals surface area contributed by atoms with E-state index in [4.69, 9.17) is 5.11 Å². The van der Waals surface area contributed by atoms with Gasteiger partial charge in [-0.1, -0.05) is 6.08 Å². The van der Waals surface area contributed by atoms with Crippen molar-refractivity contribution < 1.29 is 30.0 Å². The van der Waals surface area contributed by atoms with E-state index in [-0.39, 0.29) is 12.8 Å². The summed E-state index contributed by atoms with van der Waals surface area (Å²) in [5.41, 5.74) is 0. The van der Waals surface area contributed by atoms with Crippen molar-refractivity contribution in [2.75, 3.05) is 6.61 Å². The molecule has 0 aromatic heterocycles. The fraction of sp³-hybridized carbons (Fsp3) is 0.600. The Hall–Kier alpha value is -1.28. The second kappa shape index (κ2) is 7.91. The van der Waals surface area contributed by atoms with E-state index in [0.717, 1.165) is 0 Å². The van der Waals surface area contributed by atoms with Crippen molar-refractivity contribution in [3.8, 4) is 0 Å². The standard InChI is InChI=1S/C10H17NO6/c1-2-3-6(14)8(11-5-13)10(17)9(16)7(15)4-12/h2,5-6,8-10,12,14,16-17H,1,3-4H2,(H,11,13)/t6-,8+,9-,10-/m1/s1. The average molecular weight is 247 g/mol. The highest BCUT2D eigenvalue weighted by Gasteiger charge is 2.34. The molecule has 7 nitrogen and oxygen atoms in total. The Bertz CT molecular complexity index is 270. The highest BCUT2D eigenvalue weighted by Crippen LogP contribution is 2.09. The summed E-state index contributed by atoms with van der Waals surface area (Å²) in [7, 11) is 0. The molecule has 0 aliphatic carbocycles. The normalized spacial score (nSPS) is 17.6. The van der Waals surface area contributed by atoms with E-state index >= 15 is 0 Å². The number of ketones is 1. The van der Waals surface area contributed by atoms with Gasteiger partial charge in [0.15, 0.2) is 5.78 Å². The molecule has 0 spiro atoms. The Kier molecular flexibility index (Phi) is 7.31. The minimum atomic E-state index is -1.88. The van der Waals surface area contributed by atoms with Crippen molar-refractivity contribution in [2.45, 2.75) is 30.8 Å². The third-order valence-corrected chi connectivity index (χ3v) is 2.26. The van der Waals surface area contributed by atoms with Gasteiger partial charge in [-0.15, -0.1) is 6.58 Å². The van der Waals surface area contributed by atoms with Gasteiger partial charge >= 0.3 is 0 Å². The molecule has 0 rings (SSSR count). The zero-order valence-corrected chi connectivity index (χ0v) is 9.19. The van der Waals surface area contributed by atoms with Gasteiger partial charge in [0, 0.05) is 0 Å². The van der Waals surface area contributed by atoms with Crippen molar-refractivity contribution in [1.82, 2.24) is 5.32 Å². The van der Waals surface area contributed by atoms with Gasteiger partial charge < -0.3 is 25.7 Å². The summed E-state index contributed by atoms with van der Waals surface area (Å²) in [6.07, 6.45) is -3.14. The van der Waals surface area contributed by atoms with E-state index in [1.807, 2.05) is 0 Å². The van der Waals surface area contributed by atoms with Crippen LogP contribution in [0.5, 0.6) is 0 Å². The number of rotatable bonds is 9. The third kappa shape index (κ3) is 4.61. The maximum absolute atomic E-state index is 11.0. The molecular weight excluding hydrogens is 230 g/mol. The number of hydrogen-bond donors (Lipinski definition) is 5. The van der Waals surface area contributed by atoms with Crippen molar-refractivity contribution in [2.24, 2.45) is 0 Å². The maximum atomic E-state index is 11.0. The fourth-order valence-electron chi connectivity index (χ4n) is 1.31. The van der Waals surface area contributed by atoms with Gasteiger partial charge in [0.2, 0.25) is 6.41 Å². The number of hydrogen-bond acceptors (Lipinski definition) is 6. The molecule has 5 N–H and O–H groups in total. The van der Waals surface area contributed by atoms with Crippen LogP contribution in [0.25, 0.3) is 0 Å². The number of nitrogens with one attached hydrogen (secondary N) is 1. The lowest BCUT2D eigenvalue weighted by Crippen LogP contribution is -2.54. The molecular formula is C10H17NO6. The van der Waals surface area contributed by atoms with E-state index in [2.05, 4.69) is 11.9 Å². The van der Waals surface area contributed by atoms with Crippen molar-refractivity contribution in [1.29, 1.82) is 0 Å². The molecule has 0 aliphatic rings. The predicted molar refractivity (Wildman–Crippen MR) is 57.9 cm³/mol. The summed E-state index contributed by atoms with van der Waals surface area (Å²) in [6.45, 7) is 2.43. The number of carbonyl (C=O) groups is 2. The molecule has 4 atom stereocenters. The van der Waals surface area contributed by atoms with Gasteiger partial charge in [0.25, 0.3) is 0 Å². The fourth-order valence-corrected chi connectivity index (χ4v) is 1.31. The van der Waals surface area contributed by atoms with Gasteiger partial charge in [-0.05, 0) is 6.42 Å². The van der Waals surface area contributed by atoms with Gasteiger partial charge in [-0.2, -0.15) is 0 Å². The van der Waals surface area contributed by atoms with Crippen LogP contribution in [-0.4, -0.2) is 63.6 Å². The predicted octanol–water partition coefficient (Wildman–Crippen LogP) is -2.68. The Morgan fingerprint density at radius 3 is 2.35 bits per heavy atom. The summed E-state index contributed by atoms with van der Waals surface area (Å²) in [5, 5.41) is 39.2. The molecule has 0 bridgehead atoms. The number of amides is 1. The average Bonchev–Trinajstić information content (AvgIpc) is 2.33. The van der Waals surface area contributed by atoms with Crippen molar-refractivity contribution >= 4 is 12.2 Å². The van der Waals surface area contributed by atoms with Crippen LogP contribution in [0.1, 0.15) is 6.42 Å². The lowest BCUT2D eigenvalue weighted by atomic mass is 9.96. The first-order valence-corrected chi connectivity index (χ1v) is 4.97. The Morgan fingerprint density at radius 1 is 1.35 bits per heavy atom. The molecule has 0 saturated carbocycles. The quantitative estimate of drug-likeness (QED) is 0.223. The summed E-state index contributed by atoms with van der Waals surface area (Å²) in [5.74, 6) is -0.999. The minimum absolute atomic E-state index is 0.0581. The maximum Gasteiger partial charge on any atom is 0.207 e. The first-order valence-electron chi connectivity index (χ1n) is 4.97. The van der Waals surface area contributed by atoms with Gasteiger partial charge in [-0.3, -0.25) is 9.59 Å². The van der Waals surface area contributed by atoms with Crippen LogP contribution in [0.2, 0.25) is 0 Å². The largest absolute Gasteiger partial charge is 0.391 e. The molecule has 1 amide bonds. The van der Waals surface area contributed by atoms with Crippen LogP contribution in [-0.2, 0) is 9.59 Å². The topological polar surface area (TPSA) is 127 Å². The van der Waals surface area contributed by atoms with Crippen LogP contribution >= 0.6 is 0 Å². The van der Waals surface area contributed by atoms with Crippen LogP contribution in [0.3, 0.4) is 0 Å². The Balaban J connectivity index is 4.73. The zero-order valence-electron chi connectivity index (χ0n) is 9.19. The molecule has 0 aromatic carbocycles. The van der Waals surface area contributed by atoms with Crippen LogP contribution in [0.4, 0.5) is 0 Å². The van der Waals surface area contributed by atoms with Crippen molar-refractivity contribution in [3.63, 3.8) is 0 Å². The lowest BCUT2D eigenvalue weighted by Gasteiger charge is -2.28. The summed E-state index contributed by atoms with van der Waals surface area (Å²) < 4.78 is 0. The van der Waals surface area contributed by atoms with E-state index in [1.165, 1.54) is 6.08 Å². The molecule has 98 valence electrons. The minimum Gasteiger partial charge on any atom is -0.391 e. The van der Waals surface area contributed by atoms with Gasteiger partial charge in [0.1, 0.15) is 18.8 Å². The molecule has 17 heavy (non-hydrogen) atoms. The SMILES string of the molecule is C=CC[C@@H](O)[C@H](NC=O)[C@@H](O)[C@H](O)C(=O)CO. The van der Waals surface area contributed by atoms with E-state index < -0.39 is 36.7 Å². The van der Waals surface area contributed by atoms with E-state index in [1.54, 1.807) is 0 Å². The Labute approximate surface area is 98.4 Å². The molecule has 7 heteroatoms. The number of Topliss-reactive ketones (excluding diaryl/α,β-unsaturated/α-hetero) is 1. The molecule has 0 aliphatic heterocycles. The first-order chi connectivity index (χ1) is 7.99. The summed E-state index contributed by atoms with van der Waals surface area (Å²) in [6, 6.07) is -1.23. The molecule has 0 aromatic rings. The molecule has 0 fully saturated rings. The van der Waals surface area contributed by atoms with E-state index in [0.29, 0.717) is 0 Å². The highest BCUT2D eigenvalue weighted by molar-refractivity contribution is 5.84. The van der Waals surface area contributed by atoms with Crippen LogP contribution < -0.4 is 5.32 Å². The van der Waals surface area contributed by atoms with Crippen LogP contribution in [0, 0.1) is 0 Å². The molecule has 0 saturated heterocycles. The smallest absolute Gasteiger partial charge is 0.207 e. The molecule has 0 heterocycles. The lowest BCUT2D eigenvalue weighted by molar-refractivity contribution is -0.139. The second-order valence-corrected chi connectivity index (χ2v) is 3.46. The summed E-state index contributed by atoms with van der Waals surface area (Å²) >= 11 is 0. The zero-order chi connectivity index (χ0) is 13.4. The second-order valence-electron chi connectivity index (χ2n) is 3.46. The number of carbonyl (C=O) groups excluding carboxylic acids is 2. The van der Waals surface area contributed by atoms with E-state index in [9.17, 15) is 24.9 Å². The monoisotopic (exact) mass is 247 g/mol. The third-order valence-electron chi connectivity index (χ3n) is 2.26. The van der Waals surface area contributed by atoms with Crippen LogP contribution in [0.15, 0.2) is 12.7 Å². The molecule has 0 unspecified atom stereocenters. The summed E-state index contributed by atoms with van der Waals surface area (Å²) in [4.78, 5) is 21.3. The Morgan fingerprint density at radius 2 is 1.94 bits per heavy atom. The number of aliphatic hydroxyl groups excluding tert-OH is 4. The van der Waals surface area contributed by atoms with Crippen molar-refractivity contribution in [3.05, 3.63) is 12.7 Å².